The summed E-state index contributed by atoms with van der Waals surface area (Å²) >= 11 is 0. The van der Waals surface area contributed by atoms with Crippen molar-refractivity contribution in [2.45, 2.75) is 104 Å². The highest BCUT2D eigenvalue weighted by Crippen LogP contribution is 2.20. The van der Waals surface area contributed by atoms with Crippen molar-refractivity contribution in [3.05, 3.63) is 5.82 Å². The zero-order valence-electron chi connectivity index (χ0n) is 18.6. The lowest BCUT2D eigenvalue weighted by Crippen LogP contribution is -2.45. The van der Waals surface area contributed by atoms with Gasteiger partial charge in [-0.2, -0.15) is 0 Å². The number of aryl methyl sites for hydroxylation is 2. The molecule has 0 atom stereocenters. The second-order valence-electron chi connectivity index (χ2n) is 7.13. The van der Waals surface area contributed by atoms with Gasteiger partial charge in [0.1, 0.15) is 0 Å². The maximum atomic E-state index is 5.92. The highest BCUT2D eigenvalue weighted by molar-refractivity contribution is 6.60. The number of tetrazole rings is 1. The Morgan fingerprint density at radius 3 is 2.00 bits per heavy atom. The zero-order valence-corrected chi connectivity index (χ0v) is 19.6. The van der Waals surface area contributed by atoms with Crippen molar-refractivity contribution in [3.8, 4) is 0 Å². The van der Waals surface area contributed by atoms with Gasteiger partial charge in [-0.1, -0.05) is 45.4 Å². The van der Waals surface area contributed by atoms with Gasteiger partial charge in [0.05, 0.1) is 0 Å². The third kappa shape index (κ3) is 10.1. The first kappa shape index (κ1) is 25.2. The number of unbranched alkanes of at least 4 members (excludes halogenated alkanes) is 7. The Balaban J connectivity index is 2.25. The van der Waals surface area contributed by atoms with Gasteiger partial charge in [-0.05, 0) is 50.5 Å². The van der Waals surface area contributed by atoms with Crippen molar-refractivity contribution < 1.29 is 13.3 Å². The first-order chi connectivity index (χ1) is 13.7. The van der Waals surface area contributed by atoms with Crippen molar-refractivity contribution in [3.63, 3.8) is 0 Å². The number of aromatic nitrogens is 4. The van der Waals surface area contributed by atoms with Gasteiger partial charge >= 0.3 is 8.80 Å². The molecule has 0 N–H and O–H groups in total. The Labute approximate surface area is 172 Å². The molecule has 0 spiro atoms. The van der Waals surface area contributed by atoms with E-state index in [2.05, 4.69) is 22.4 Å². The van der Waals surface area contributed by atoms with E-state index in [9.17, 15) is 0 Å². The van der Waals surface area contributed by atoms with Gasteiger partial charge in [-0.25, -0.2) is 4.68 Å². The summed E-state index contributed by atoms with van der Waals surface area (Å²) in [5, 5.41) is 12.2. The summed E-state index contributed by atoms with van der Waals surface area (Å²) in [5.41, 5.74) is 0. The molecule has 0 unspecified atom stereocenters. The highest BCUT2D eigenvalue weighted by Gasteiger charge is 2.39. The molecule has 0 aliphatic carbocycles. The van der Waals surface area contributed by atoms with Crippen LogP contribution in [0.2, 0.25) is 6.04 Å². The van der Waals surface area contributed by atoms with Gasteiger partial charge in [0, 0.05) is 38.8 Å². The van der Waals surface area contributed by atoms with Crippen LogP contribution in [0.15, 0.2) is 0 Å². The van der Waals surface area contributed by atoms with E-state index < -0.39 is 8.80 Å². The summed E-state index contributed by atoms with van der Waals surface area (Å²) in [6.45, 7) is 11.1. The zero-order chi connectivity index (χ0) is 20.5. The largest absolute Gasteiger partial charge is 0.500 e. The van der Waals surface area contributed by atoms with Crippen molar-refractivity contribution in [2.75, 3.05) is 19.8 Å². The fourth-order valence-electron chi connectivity index (χ4n) is 3.42. The van der Waals surface area contributed by atoms with Gasteiger partial charge in [0.15, 0.2) is 5.82 Å². The molecular formula is C20H42N4O3Si. The molecule has 0 bridgehead atoms. The SMILES string of the molecule is CCCCCCCc1nnnn1CCCCCC[Si](OCC)(OCC)OCC. The minimum absolute atomic E-state index is 0.646. The first-order valence-electron chi connectivity index (χ1n) is 11.4. The van der Waals surface area contributed by atoms with Crippen LogP contribution in [0, 0.1) is 0 Å². The lowest BCUT2D eigenvalue weighted by Gasteiger charge is -2.28. The van der Waals surface area contributed by atoms with Crippen LogP contribution >= 0.6 is 0 Å². The molecule has 0 aliphatic heterocycles. The van der Waals surface area contributed by atoms with Gasteiger partial charge in [0.25, 0.3) is 0 Å². The lowest BCUT2D eigenvalue weighted by atomic mass is 10.1. The van der Waals surface area contributed by atoms with E-state index in [0.29, 0.717) is 19.8 Å². The average Bonchev–Trinajstić information content (AvgIpc) is 3.12. The van der Waals surface area contributed by atoms with Gasteiger partial charge in [0.2, 0.25) is 0 Å². The Morgan fingerprint density at radius 2 is 1.36 bits per heavy atom. The number of hydrogen-bond acceptors (Lipinski definition) is 6. The van der Waals surface area contributed by atoms with Crippen LogP contribution < -0.4 is 0 Å². The molecule has 0 amide bonds. The molecule has 0 saturated carbocycles. The van der Waals surface area contributed by atoms with E-state index in [1.54, 1.807) is 0 Å². The second kappa shape index (κ2) is 16.0. The molecule has 1 aromatic heterocycles. The Bertz CT molecular complexity index is 471. The summed E-state index contributed by atoms with van der Waals surface area (Å²) in [6, 6.07) is 0.899. The monoisotopic (exact) mass is 414 g/mol. The van der Waals surface area contributed by atoms with E-state index >= 15 is 0 Å². The number of hydrogen-bond donors (Lipinski definition) is 0. The number of nitrogens with zero attached hydrogens (tertiary/aromatic N) is 4. The van der Waals surface area contributed by atoms with Crippen LogP contribution in [0.1, 0.15) is 91.3 Å². The van der Waals surface area contributed by atoms with Crippen molar-refractivity contribution >= 4 is 8.80 Å². The minimum Gasteiger partial charge on any atom is -0.374 e. The standard InChI is InChI=1S/C20H42N4O3Si/c1-5-9-10-11-14-17-20-21-22-23-24(20)18-15-12-13-16-19-28(25-6-2,26-7-3)27-8-4/h5-19H2,1-4H3. The molecule has 1 rings (SSSR count). The topological polar surface area (TPSA) is 71.3 Å². The molecule has 8 heteroatoms. The van der Waals surface area contributed by atoms with Crippen LogP contribution in [0.3, 0.4) is 0 Å². The molecule has 1 aromatic rings. The van der Waals surface area contributed by atoms with E-state index in [0.717, 1.165) is 50.5 Å². The fourth-order valence-corrected chi connectivity index (χ4v) is 6.11. The van der Waals surface area contributed by atoms with Crippen molar-refractivity contribution in [1.82, 2.24) is 20.2 Å². The van der Waals surface area contributed by atoms with Crippen LogP contribution in [-0.4, -0.2) is 48.8 Å². The molecular weight excluding hydrogens is 372 g/mol. The molecule has 1 heterocycles. The first-order valence-corrected chi connectivity index (χ1v) is 13.3. The van der Waals surface area contributed by atoms with Crippen molar-refractivity contribution in [2.24, 2.45) is 0 Å². The fraction of sp³-hybridized carbons (Fsp3) is 0.950. The third-order valence-electron chi connectivity index (χ3n) is 4.81. The van der Waals surface area contributed by atoms with Crippen LogP contribution in [0.25, 0.3) is 0 Å². The number of rotatable bonds is 19. The van der Waals surface area contributed by atoms with E-state index in [1.807, 2.05) is 25.5 Å². The van der Waals surface area contributed by atoms with Crippen LogP contribution in [0.4, 0.5) is 0 Å². The van der Waals surface area contributed by atoms with Crippen LogP contribution in [0.5, 0.6) is 0 Å². The van der Waals surface area contributed by atoms with Gasteiger partial charge < -0.3 is 13.3 Å². The Hall–Kier alpha value is -0.833. The maximum absolute atomic E-state index is 5.92. The van der Waals surface area contributed by atoms with Gasteiger partial charge in [-0.3, -0.25) is 0 Å². The van der Waals surface area contributed by atoms with Crippen LogP contribution in [-0.2, 0) is 26.2 Å². The molecule has 0 saturated heterocycles. The molecule has 0 aliphatic rings. The maximum Gasteiger partial charge on any atom is 0.500 e. The second-order valence-corrected chi connectivity index (χ2v) is 9.86. The Morgan fingerprint density at radius 1 is 0.750 bits per heavy atom. The summed E-state index contributed by atoms with van der Waals surface area (Å²) in [4.78, 5) is 0. The molecule has 0 aromatic carbocycles. The highest BCUT2D eigenvalue weighted by atomic mass is 28.4. The molecule has 0 fully saturated rings. The smallest absolute Gasteiger partial charge is 0.374 e. The summed E-state index contributed by atoms with van der Waals surface area (Å²) in [7, 11) is -2.48. The van der Waals surface area contributed by atoms with E-state index in [1.165, 1.54) is 32.1 Å². The average molecular weight is 415 g/mol. The Kier molecular flexibility index (Phi) is 14.4. The summed E-state index contributed by atoms with van der Waals surface area (Å²) in [5.74, 6) is 1.03. The lowest BCUT2D eigenvalue weighted by molar-refractivity contribution is 0.0706. The quantitative estimate of drug-likeness (QED) is 0.239. The van der Waals surface area contributed by atoms with Crippen molar-refractivity contribution in [1.29, 1.82) is 0 Å². The molecule has 28 heavy (non-hydrogen) atoms. The minimum atomic E-state index is -2.48. The molecule has 7 nitrogen and oxygen atoms in total. The molecule has 164 valence electrons. The summed E-state index contributed by atoms with van der Waals surface area (Å²) in [6.07, 6.45) is 11.8. The third-order valence-corrected chi connectivity index (χ3v) is 7.96. The predicted molar refractivity (Wildman–Crippen MR) is 114 cm³/mol. The van der Waals surface area contributed by atoms with E-state index in [-0.39, 0.29) is 0 Å². The normalized spacial score (nSPS) is 12.0. The molecule has 0 radical (unpaired) electrons. The summed E-state index contributed by atoms with van der Waals surface area (Å²) < 4.78 is 19.7. The van der Waals surface area contributed by atoms with Gasteiger partial charge in [-0.15, -0.1) is 5.10 Å². The predicted octanol–water partition coefficient (Wildman–Crippen LogP) is 4.79. The van der Waals surface area contributed by atoms with E-state index in [4.69, 9.17) is 13.3 Å².